The number of aromatic nitrogens is 1. The van der Waals surface area contributed by atoms with Crippen LogP contribution in [-0.2, 0) is 0 Å². The summed E-state index contributed by atoms with van der Waals surface area (Å²) in [5, 5.41) is 2.88. The molecule has 2 heterocycles. The molecular formula is C13H21N3OS. The van der Waals surface area contributed by atoms with Crippen molar-refractivity contribution < 1.29 is 4.79 Å². The van der Waals surface area contributed by atoms with E-state index in [1.54, 1.807) is 18.3 Å². The summed E-state index contributed by atoms with van der Waals surface area (Å²) in [6.07, 6.45) is 2.27. The lowest BCUT2D eigenvalue weighted by molar-refractivity contribution is 0.101. The van der Waals surface area contributed by atoms with E-state index >= 15 is 0 Å². The maximum Gasteiger partial charge on any atom is 0.186 e. The van der Waals surface area contributed by atoms with Gasteiger partial charge in [0.05, 0.1) is 0 Å². The number of nitrogens with zero attached hydrogens (tertiary/aromatic N) is 3. The lowest BCUT2D eigenvalue weighted by atomic mass is 10.2. The Hall–Kier alpha value is -0.940. The van der Waals surface area contributed by atoms with Crippen LogP contribution >= 0.6 is 11.3 Å². The molecule has 0 aromatic carbocycles. The van der Waals surface area contributed by atoms with Gasteiger partial charge in [0.15, 0.2) is 10.9 Å². The molecule has 100 valence electrons. The number of carbonyl (C=O) groups excluding carboxylic acids is 1. The quantitative estimate of drug-likeness (QED) is 0.787. The van der Waals surface area contributed by atoms with Crippen LogP contribution in [-0.4, -0.2) is 48.4 Å². The number of Topliss-reactive ketones (excluding diaryl/α,β-unsaturated/α-hetero) is 1. The summed E-state index contributed by atoms with van der Waals surface area (Å²) in [6.45, 7) is 7.04. The highest BCUT2D eigenvalue weighted by atomic mass is 32.1. The predicted molar refractivity (Wildman–Crippen MR) is 75.7 cm³/mol. The Kier molecular flexibility index (Phi) is 4.35. The van der Waals surface area contributed by atoms with Gasteiger partial charge >= 0.3 is 0 Å². The van der Waals surface area contributed by atoms with Gasteiger partial charge in [0, 0.05) is 31.4 Å². The summed E-state index contributed by atoms with van der Waals surface area (Å²) in [4.78, 5) is 20.6. The van der Waals surface area contributed by atoms with Crippen LogP contribution in [0.2, 0.25) is 0 Å². The zero-order chi connectivity index (χ0) is 13.1. The first-order valence-electron chi connectivity index (χ1n) is 6.53. The minimum absolute atomic E-state index is 0.0532. The van der Waals surface area contributed by atoms with E-state index in [4.69, 9.17) is 0 Å². The molecule has 0 amide bonds. The van der Waals surface area contributed by atoms with Gasteiger partial charge in [0.2, 0.25) is 0 Å². The van der Waals surface area contributed by atoms with Gasteiger partial charge in [-0.2, -0.15) is 0 Å². The standard InChI is InChI=1S/C13H21N3OS/c1-4-11-8-15(3)6-5-7-16(11)13-14-12(9-18-13)10(2)17/h9,11H,4-8H2,1-3H3. The zero-order valence-corrected chi connectivity index (χ0v) is 12.2. The molecule has 1 aliphatic rings. The van der Waals surface area contributed by atoms with Crippen molar-refractivity contribution in [1.82, 2.24) is 9.88 Å². The fourth-order valence-corrected chi connectivity index (χ4v) is 3.36. The van der Waals surface area contributed by atoms with Crippen molar-refractivity contribution in [2.75, 3.05) is 31.6 Å². The van der Waals surface area contributed by atoms with Crippen LogP contribution < -0.4 is 4.90 Å². The molecule has 4 nitrogen and oxygen atoms in total. The second-order valence-electron chi connectivity index (χ2n) is 4.94. The van der Waals surface area contributed by atoms with Crippen molar-refractivity contribution in [2.24, 2.45) is 0 Å². The van der Waals surface area contributed by atoms with E-state index in [1.807, 2.05) is 5.38 Å². The van der Waals surface area contributed by atoms with Gasteiger partial charge in [-0.25, -0.2) is 4.98 Å². The fraction of sp³-hybridized carbons (Fsp3) is 0.692. The van der Waals surface area contributed by atoms with Gasteiger partial charge in [-0.3, -0.25) is 4.79 Å². The van der Waals surface area contributed by atoms with E-state index in [9.17, 15) is 4.79 Å². The number of hydrogen-bond acceptors (Lipinski definition) is 5. The van der Waals surface area contributed by atoms with Crippen molar-refractivity contribution in [2.45, 2.75) is 32.7 Å². The molecular weight excluding hydrogens is 246 g/mol. The zero-order valence-electron chi connectivity index (χ0n) is 11.3. The van der Waals surface area contributed by atoms with Crippen molar-refractivity contribution in [3.63, 3.8) is 0 Å². The van der Waals surface area contributed by atoms with Gasteiger partial charge in [0.1, 0.15) is 5.69 Å². The van der Waals surface area contributed by atoms with Gasteiger partial charge in [-0.1, -0.05) is 6.92 Å². The smallest absolute Gasteiger partial charge is 0.186 e. The van der Waals surface area contributed by atoms with Crippen LogP contribution in [0.4, 0.5) is 5.13 Å². The average molecular weight is 267 g/mol. The summed E-state index contributed by atoms with van der Waals surface area (Å²) in [7, 11) is 2.18. The highest BCUT2D eigenvalue weighted by molar-refractivity contribution is 7.13. The topological polar surface area (TPSA) is 36.4 Å². The van der Waals surface area contributed by atoms with E-state index in [-0.39, 0.29) is 5.78 Å². The van der Waals surface area contributed by atoms with Crippen LogP contribution in [0.1, 0.15) is 37.2 Å². The van der Waals surface area contributed by atoms with Gasteiger partial charge in [-0.05, 0) is 26.4 Å². The second kappa shape index (κ2) is 5.80. The number of thiazole rings is 1. The van der Waals surface area contributed by atoms with E-state index < -0.39 is 0 Å². The number of ketones is 1. The van der Waals surface area contributed by atoms with Crippen LogP contribution in [0, 0.1) is 0 Å². The highest BCUT2D eigenvalue weighted by Crippen LogP contribution is 2.25. The SMILES string of the molecule is CCC1CN(C)CCCN1c1nc(C(C)=O)cs1. The maximum atomic E-state index is 11.3. The molecule has 1 aromatic heterocycles. The molecule has 5 heteroatoms. The molecule has 0 bridgehead atoms. The summed E-state index contributed by atoms with van der Waals surface area (Å²) >= 11 is 1.59. The molecule has 1 unspecified atom stereocenters. The molecule has 0 saturated carbocycles. The Bertz CT molecular complexity index is 418. The van der Waals surface area contributed by atoms with Gasteiger partial charge in [0.25, 0.3) is 0 Å². The highest BCUT2D eigenvalue weighted by Gasteiger charge is 2.24. The minimum atomic E-state index is 0.0532. The number of likely N-dealkylation sites (N-methyl/N-ethyl adjacent to an activating group) is 1. The second-order valence-corrected chi connectivity index (χ2v) is 5.78. The molecule has 1 saturated heterocycles. The third kappa shape index (κ3) is 2.90. The first kappa shape index (κ1) is 13.5. The Morgan fingerprint density at radius 2 is 2.33 bits per heavy atom. The van der Waals surface area contributed by atoms with Gasteiger partial charge < -0.3 is 9.80 Å². The number of anilines is 1. The Morgan fingerprint density at radius 1 is 1.56 bits per heavy atom. The Morgan fingerprint density at radius 3 is 2.94 bits per heavy atom. The normalized spacial score (nSPS) is 21.9. The van der Waals surface area contributed by atoms with Crippen LogP contribution in [0.15, 0.2) is 5.38 Å². The van der Waals surface area contributed by atoms with Crippen LogP contribution in [0.3, 0.4) is 0 Å². The van der Waals surface area contributed by atoms with E-state index in [0.717, 1.165) is 37.6 Å². The maximum absolute atomic E-state index is 11.3. The summed E-state index contributed by atoms with van der Waals surface area (Å²) in [6, 6.07) is 0.503. The molecule has 1 atom stereocenters. The first-order chi connectivity index (χ1) is 8.61. The minimum Gasteiger partial charge on any atom is -0.344 e. The predicted octanol–water partition coefficient (Wildman–Crippen LogP) is 2.27. The molecule has 1 aromatic rings. The van der Waals surface area contributed by atoms with Crippen molar-refractivity contribution in [1.29, 1.82) is 0 Å². The molecule has 18 heavy (non-hydrogen) atoms. The summed E-state index contributed by atoms with van der Waals surface area (Å²) in [5.74, 6) is 0.0532. The largest absolute Gasteiger partial charge is 0.344 e. The third-order valence-electron chi connectivity index (χ3n) is 3.47. The van der Waals surface area contributed by atoms with Gasteiger partial charge in [-0.15, -0.1) is 11.3 Å². The van der Waals surface area contributed by atoms with E-state index in [1.165, 1.54) is 0 Å². The lowest BCUT2D eigenvalue weighted by Gasteiger charge is -2.29. The molecule has 2 rings (SSSR count). The molecule has 1 aliphatic heterocycles. The number of hydrogen-bond donors (Lipinski definition) is 0. The molecule has 0 aliphatic carbocycles. The monoisotopic (exact) mass is 267 g/mol. The summed E-state index contributed by atoms with van der Waals surface area (Å²) in [5.41, 5.74) is 0.599. The molecule has 1 fully saturated rings. The molecule has 0 spiro atoms. The average Bonchev–Trinajstić information content (AvgIpc) is 2.74. The molecule has 0 N–H and O–H groups in total. The van der Waals surface area contributed by atoms with E-state index in [2.05, 4.69) is 28.8 Å². The number of carbonyl (C=O) groups is 1. The fourth-order valence-electron chi connectivity index (χ4n) is 2.40. The third-order valence-corrected chi connectivity index (χ3v) is 4.35. The number of rotatable bonds is 3. The Balaban J connectivity index is 2.20. The first-order valence-corrected chi connectivity index (χ1v) is 7.41. The lowest BCUT2D eigenvalue weighted by Crippen LogP contribution is -2.39. The summed E-state index contributed by atoms with van der Waals surface area (Å²) < 4.78 is 0. The van der Waals surface area contributed by atoms with Crippen molar-refractivity contribution in [3.05, 3.63) is 11.1 Å². The molecule has 0 radical (unpaired) electrons. The van der Waals surface area contributed by atoms with Crippen LogP contribution in [0.5, 0.6) is 0 Å². The van der Waals surface area contributed by atoms with Crippen LogP contribution in [0.25, 0.3) is 0 Å². The van der Waals surface area contributed by atoms with Crippen molar-refractivity contribution >= 4 is 22.3 Å². The van der Waals surface area contributed by atoms with E-state index in [0.29, 0.717) is 11.7 Å². The Labute approximate surface area is 113 Å². The van der Waals surface area contributed by atoms with Crippen molar-refractivity contribution in [3.8, 4) is 0 Å².